The van der Waals surface area contributed by atoms with Gasteiger partial charge in [0, 0.05) is 7.05 Å². The summed E-state index contributed by atoms with van der Waals surface area (Å²) < 4.78 is 25.3. The number of rotatable bonds is 2. The highest BCUT2D eigenvalue weighted by molar-refractivity contribution is 9.10. The number of aliphatic hydroxyl groups excluding tert-OH is 1. The van der Waals surface area contributed by atoms with Crippen molar-refractivity contribution in [3.63, 3.8) is 0 Å². The maximum Gasteiger partial charge on any atom is 0.269 e. The zero-order chi connectivity index (χ0) is 9.30. The van der Waals surface area contributed by atoms with E-state index in [1.54, 1.807) is 0 Å². The molecule has 4 nitrogen and oxygen atoms in total. The average molecular weight is 242 g/mol. The lowest BCUT2D eigenvalue weighted by Gasteiger charge is -2.08. The SMILES string of the molecule is Cn1nnc(Br)c1C(O)C(F)F. The third-order valence-corrected chi connectivity index (χ3v) is 1.91. The fourth-order valence-electron chi connectivity index (χ4n) is 0.772. The molecule has 12 heavy (non-hydrogen) atoms. The molecule has 0 bridgehead atoms. The van der Waals surface area contributed by atoms with Crippen molar-refractivity contribution >= 4 is 15.9 Å². The van der Waals surface area contributed by atoms with Crippen molar-refractivity contribution in [1.82, 2.24) is 15.0 Å². The lowest BCUT2D eigenvalue weighted by Crippen LogP contribution is -2.13. The number of nitrogens with zero attached hydrogens (tertiary/aromatic N) is 3. The molecule has 1 unspecified atom stereocenters. The number of alkyl halides is 2. The number of hydrogen-bond acceptors (Lipinski definition) is 3. The monoisotopic (exact) mass is 241 g/mol. The predicted octanol–water partition coefficient (Wildman–Crippen LogP) is 0.876. The van der Waals surface area contributed by atoms with Crippen molar-refractivity contribution in [2.45, 2.75) is 12.5 Å². The van der Waals surface area contributed by atoms with Crippen LogP contribution in [0.2, 0.25) is 0 Å². The molecule has 1 aromatic heterocycles. The minimum absolute atomic E-state index is 0.0231. The molecule has 68 valence electrons. The third kappa shape index (κ3) is 1.61. The van der Waals surface area contributed by atoms with Crippen molar-refractivity contribution < 1.29 is 13.9 Å². The molecule has 0 spiro atoms. The van der Waals surface area contributed by atoms with Crippen LogP contribution in [0.4, 0.5) is 8.78 Å². The molecule has 0 fully saturated rings. The zero-order valence-electron chi connectivity index (χ0n) is 6.08. The van der Waals surface area contributed by atoms with Crippen LogP contribution in [-0.4, -0.2) is 26.5 Å². The molecule has 0 aliphatic heterocycles. The van der Waals surface area contributed by atoms with Gasteiger partial charge < -0.3 is 5.11 Å². The summed E-state index contributed by atoms with van der Waals surface area (Å²) in [5.41, 5.74) is -0.0231. The van der Waals surface area contributed by atoms with Gasteiger partial charge in [-0.15, -0.1) is 5.10 Å². The van der Waals surface area contributed by atoms with Crippen LogP contribution in [0.5, 0.6) is 0 Å². The van der Waals surface area contributed by atoms with E-state index in [1.807, 2.05) is 0 Å². The van der Waals surface area contributed by atoms with Gasteiger partial charge in [0.2, 0.25) is 0 Å². The second-order valence-electron chi connectivity index (χ2n) is 2.17. The van der Waals surface area contributed by atoms with Crippen LogP contribution >= 0.6 is 15.9 Å². The molecule has 0 saturated heterocycles. The fourth-order valence-corrected chi connectivity index (χ4v) is 1.33. The smallest absolute Gasteiger partial charge is 0.269 e. The molecule has 1 aromatic rings. The maximum atomic E-state index is 12.0. The lowest BCUT2D eigenvalue weighted by atomic mass is 10.3. The fraction of sp³-hybridized carbons (Fsp3) is 0.600. The second kappa shape index (κ2) is 3.44. The lowest BCUT2D eigenvalue weighted by molar-refractivity contribution is -0.0107. The quantitative estimate of drug-likeness (QED) is 0.837. The highest BCUT2D eigenvalue weighted by Gasteiger charge is 2.25. The van der Waals surface area contributed by atoms with Gasteiger partial charge in [0.25, 0.3) is 6.43 Å². The standard InChI is InChI=1S/C5H6BrF2N3O/c1-11-2(3(12)5(7)8)4(6)9-10-11/h3,5,12H,1H3. The molecule has 0 aliphatic rings. The summed E-state index contributed by atoms with van der Waals surface area (Å²) in [5.74, 6) is 0. The van der Waals surface area contributed by atoms with Gasteiger partial charge in [-0.1, -0.05) is 5.21 Å². The summed E-state index contributed by atoms with van der Waals surface area (Å²) in [6, 6.07) is 0. The van der Waals surface area contributed by atoms with E-state index < -0.39 is 12.5 Å². The normalized spacial score (nSPS) is 13.8. The van der Waals surface area contributed by atoms with Crippen LogP contribution in [0.3, 0.4) is 0 Å². The Hall–Kier alpha value is -0.560. The summed E-state index contributed by atoms with van der Waals surface area (Å²) >= 11 is 2.90. The number of hydrogen-bond donors (Lipinski definition) is 1. The van der Waals surface area contributed by atoms with Crippen LogP contribution in [-0.2, 0) is 7.05 Å². The molecule has 0 aliphatic carbocycles. The van der Waals surface area contributed by atoms with E-state index in [0.717, 1.165) is 4.68 Å². The summed E-state index contributed by atoms with van der Waals surface area (Å²) in [7, 11) is 1.43. The first-order valence-electron chi connectivity index (χ1n) is 3.05. The number of aromatic nitrogens is 3. The molecule has 1 atom stereocenters. The largest absolute Gasteiger partial charge is 0.381 e. The van der Waals surface area contributed by atoms with Crippen LogP contribution in [0.15, 0.2) is 4.60 Å². The molecular formula is C5H6BrF2N3O. The Morgan fingerprint density at radius 1 is 1.58 bits per heavy atom. The van der Waals surface area contributed by atoms with Gasteiger partial charge >= 0.3 is 0 Å². The summed E-state index contributed by atoms with van der Waals surface area (Å²) in [6.07, 6.45) is -4.68. The van der Waals surface area contributed by atoms with Gasteiger partial charge in [-0.3, -0.25) is 0 Å². The van der Waals surface area contributed by atoms with Crippen LogP contribution in [0, 0.1) is 0 Å². The first-order valence-corrected chi connectivity index (χ1v) is 3.84. The maximum absolute atomic E-state index is 12.0. The summed E-state index contributed by atoms with van der Waals surface area (Å²) in [4.78, 5) is 0. The van der Waals surface area contributed by atoms with Crippen molar-refractivity contribution in [2.75, 3.05) is 0 Å². The number of aliphatic hydroxyl groups is 1. The van der Waals surface area contributed by atoms with Gasteiger partial charge in [0.15, 0.2) is 10.7 Å². The van der Waals surface area contributed by atoms with E-state index in [9.17, 15) is 8.78 Å². The van der Waals surface area contributed by atoms with Crippen molar-refractivity contribution in [1.29, 1.82) is 0 Å². The predicted molar refractivity (Wildman–Crippen MR) is 39.7 cm³/mol. The molecule has 0 amide bonds. The third-order valence-electron chi connectivity index (χ3n) is 1.35. The first kappa shape index (κ1) is 9.53. The molecule has 1 N–H and O–H groups in total. The molecule has 0 saturated carbocycles. The van der Waals surface area contributed by atoms with Gasteiger partial charge in [-0.25, -0.2) is 13.5 Å². The van der Waals surface area contributed by atoms with Crippen LogP contribution in [0.1, 0.15) is 11.8 Å². The second-order valence-corrected chi connectivity index (χ2v) is 2.92. The van der Waals surface area contributed by atoms with Crippen LogP contribution < -0.4 is 0 Å². The van der Waals surface area contributed by atoms with E-state index in [1.165, 1.54) is 7.05 Å². The Morgan fingerprint density at radius 2 is 2.17 bits per heavy atom. The highest BCUT2D eigenvalue weighted by Crippen LogP contribution is 2.24. The van der Waals surface area contributed by atoms with Gasteiger partial charge in [-0.2, -0.15) is 0 Å². The van der Waals surface area contributed by atoms with E-state index in [2.05, 4.69) is 26.2 Å². The average Bonchev–Trinajstić information content (AvgIpc) is 2.30. The van der Waals surface area contributed by atoms with E-state index in [4.69, 9.17) is 5.11 Å². The molecule has 7 heteroatoms. The summed E-state index contributed by atoms with van der Waals surface area (Å²) in [5, 5.41) is 15.9. The number of aryl methyl sites for hydroxylation is 1. The Labute approximate surface area is 75.3 Å². The van der Waals surface area contributed by atoms with Crippen molar-refractivity contribution in [3.8, 4) is 0 Å². The number of halogens is 3. The zero-order valence-corrected chi connectivity index (χ0v) is 7.66. The minimum Gasteiger partial charge on any atom is -0.381 e. The Kier molecular flexibility index (Phi) is 2.73. The molecule has 1 heterocycles. The van der Waals surface area contributed by atoms with Gasteiger partial charge in [-0.05, 0) is 15.9 Å². The van der Waals surface area contributed by atoms with Crippen molar-refractivity contribution in [3.05, 3.63) is 10.3 Å². The summed E-state index contributed by atoms with van der Waals surface area (Å²) in [6.45, 7) is 0. The minimum atomic E-state index is -2.83. The van der Waals surface area contributed by atoms with E-state index in [-0.39, 0.29) is 10.3 Å². The van der Waals surface area contributed by atoms with Crippen LogP contribution in [0.25, 0.3) is 0 Å². The molecule has 0 aromatic carbocycles. The Balaban J connectivity index is 3.00. The van der Waals surface area contributed by atoms with Crippen molar-refractivity contribution in [2.24, 2.45) is 7.05 Å². The molecule has 0 radical (unpaired) electrons. The Morgan fingerprint density at radius 3 is 2.50 bits per heavy atom. The van der Waals surface area contributed by atoms with Gasteiger partial charge in [0.1, 0.15) is 5.69 Å². The Bertz CT molecular complexity index is 258. The van der Waals surface area contributed by atoms with E-state index >= 15 is 0 Å². The first-order chi connectivity index (χ1) is 5.54. The molecule has 1 rings (SSSR count). The topological polar surface area (TPSA) is 50.9 Å². The highest BCUT2D eigenvalue weighted by atomic mass is 79.9. The van der Waals surface area contributed by atoms with E-state index in [0.29, 0.717) is 0 Å². The van der Waals surface area contributed by atoms with Gasteiger partial charge in [0.05, 0.1) is 0 Å². The molecular weight excluding hydrogens is 236 g/mol.